The van der Waals surface area contributed by atoms with E-state index in [1.54, 1.807) is 30.0 Å². The minimum absolute atomic E-state index is 0.0531. The summed E-state index contributed by atoms with van der Waals surface area (Å²) in [6.07, 6.45) is 0.472. The maximum absolute atomic E-state index is 13.9. The Morgan fingerprint density at radius 2 is 2.04 bits per heavy atom. The van der Waals surface area contributed by atoms with Crippen molar-refractivity contribution < 1.29 is 23.8 Å². The van der Waals surface area contributed by atoms with Gasteiger partial charge >= 0.3 is 5.97 Å². The molecular weight excluding hydrogens is 301 g/mol. The number of amides is 1. The number of hydrogen-bond donors (Lipinski definition) is 1. The molecule has 6 heteroatoms. The lowest BCUT2D eigenvalue weighted by Gasteiger charge is -2.37. The summed E-state index contributed by atoms with van der Waals surface area (Å²) in [5.41, 5.74) is -0.0445. The number of carboxylic acids is 1. The molecule has 1 aliphatic heterocycles. The van der Waals surface area contributed by atoms with E-state index in [9.17, 15) is 14.0 Å². The molecule has 1 aliphatic carbocycles. The molecule has 0 radical (unpaired) electrons. The zero-order chi connectivity index (χ0) is 16.6. The molecule has 1 aromatic rings. The lowest BCUT2D eigenvalue weighted by molar-refractivity contribution is -0.168. The highest BCUT2D eigenvalue weighted by Gasteiger charge is 2.52. The fourth-order valence-corrected chi connectivity index (χ4v) is 3.21. The monoisotopic (exact) mass is 321 g/mol. The first-order chi connectivity index (χ1) is 10.9. The van der Waals surface area contributed by atoms with Crippen LogP contribution in [-0.2, 0) is 20.7 Å². The van der Waals surface area contributed by atoms with E-state index in [2.05, 4.69) is 0 Å². The summed E-state index contributed by atoms with van der Waals surface area (Å²) in [5, 5.41) is 9.13. The Labute approximate surface area is 134 Å². The quantitative estimate of drug-likeness (QED) is 0.919. The minimum Gasteiger partial charge on any atom is -0.479 e. The van der Waals surface area contributed by atoms with E-state index < -0.39 is 17.5 Å². The highest BCUT2D eigenvalue weighted by Crippen LogP contribution is 2.50. The van der Waals surface area contributed by atoms with Gasteiger partial charge in [0.1, 0.15) is 5.82 Å². The molecule has 124 valence electrons. The molecule has 2 atom stereocenters. The second-order valence-electron chi connectivity index (χ2n) is 6.53. The van der Waals surface area contributed by atoms with Crippen LogP contribution in [0.2, 0.25) is 0 Å². The molecule has 1 saturated carbocycles. The number of nitrogens with zero attached hydrogens (tertiary/aromatic N) is 1. The van der Waals surface area contributed by atoms with Gasteiger partial charge in [-0.2, -0.15) is 0 Å². The van der Waals surface area contributed by atoms with Gasteiger partial charge in [0, 0.05) is 6.54 Å². The zero-order valence-corrected chi connectivity index (χ0v) is 13.0. The van der Waals surface area contributed by atoms with Gasteiger partial charge in [-0.25, -0.2) is 9.18 Å². The van der Waals surface area contributed by atoms with Crippen molar-refractivity contribution in [2.75, 3.05) is 13.1 Å². The summed E-state index contributed by atoms with van der Waals surface area (Å²) >= 11 is 0. The number of hydrogen-bond acceptors (Lipinski definition) is 3. The van der Waals surface area contributed by atoms with Gasteiger partial charge in [-0.05, 0) is 37.8 Å². The Kier molecular flexibility index (Phi) is 4.10. The molecule has 0 spiro atoms. The third-order valence-electron chi connectivity index (χ3n) is 4.62. The smallest absolute Gasteiger partial charge is 0.334 e. The van der Waals surface area contributed by atoms with E-state index in [-0.39, 0.29) is 24.4 Å². The Bertz CT molecular complexity index is 629. The molecule has 5 nitrogen and oxygen atoms in total. The Morgan fingerprint density at radius 1 is 1.35 bits per heavy atom. The number of rotatable bonds is 4. The second-order valence-corrected chi connectivity index (χ2v) is 6.53. The molecule has 3 rings (SSSR count). The molecule has 1 unspecified atom stereocenters. The highest BCUT2D eigenvalue weighted by atomic mass is 19.1. The van der Waals surface area contributed by atoms with Gasteiger partial charge in [-0.15, -0.1) is 0 Å². The van der Waals surface area contributed by atoms with Crippen LogP contribution < -0.4 is 0 Å². The Hall–Kier alpha value is -1.95. The molecule has 1 amide bonds. The summed E-state index contributed by atoms with van der Waals surface area (Å²) in [6, 6.07) is 6.48. The van der Waals surface area contributed by atoms with Gasteiger partial charge in [0.05, 0.1) is 18.1 Å². The number of carboxylic acid groups (broad SMARTS) is 1. The van der Waals surface area contributed by atoms with Crippen molar-refractivity contribution in [1.29, 1.82) is 0 Å². The first-order valence-electron chi connectivity index (χ1n) is 7.82. The molecule has 1 saturated heterocycles. The Balaban J connectivity index is 1.74. The van der Waals surface area contributed by atoms with Crippen molar-refractivity contribution in [2.45, 2.75) is 38.4 Å². The average molecular weight is 321 g/mol. The van der Waals surface area contributed by atoms with Gasteiger partial charge in [0.2, 0.25) is 5.91 Å². The SMILES string of the molecule is C[C@@H]1CN(C(=O)C2(Cc3ccccc3F)CC2)CC(C(=O)O)O1. The van der Waals surface area contributed by atoms with Crippen LogP contribution in [0.15, 0.2) is 24.3 Å². The maximum atomic E-state index is 13.9. The number of carbonyl (C=O) groups is 2. The van der Waals surface area contributed by atoms with Crippen molar-refractivity contribution in [1.82, 2.24) is 4.90 Å². The van der Waals surface area contributed by atoms with Crippen LogP contribution in [0.3, 0.4) is 0 Å². The summed E-state index contributed by atoms with van der Waals surface area (Å²) in [4.78, 5) is 25.6. The lowest BCUT2D eigenvalue weighted by Crippen LogP contribution is -2.53. The standard InChI is InChI=1S/C17H20FNO4/c1-11-9-19(10-14(23-11)15(20)21)16(22)17(6-7-17)8-12-4-2-3-5-13(12)18/h2-5,11,14H,6-10H2,1H3,(H,20,21)/t11-,14?/m1/s1. The average Bonchev–Trinajstić information content (AvgIpc) is 3.29. The van der Waals surface area contributed by atoms with E-state index in [1.165, 1.54) is 6.07 Å². The number of ether oxygens (including phenoxy) is 1. The fraction of sp³-hybridized carbons (Fsp3) is 0.529. The van der Waals surface area contributed by atoms with Crippen LogP contribution in [0, 0.1) is 11.2 Å². The molecular formula is C17H20FNO4. The summed E-state index contributed by atoms with van der Waals surface area (Å²) in [5.74, 6) is -1.44. The van der Waals surface area contributed by atoms with Crippen molar-refractivity contribution in [3.63, 3.8) is 0 Å². The van der Waals surface area contributed by atoms with Crippen LogP contribution in [0.4, 0.5) is 4.39 Å². The van der Waals surface area contributed by atoms with Crippen molar-refractivity contribution >= 4 is 11.9 Å². The van der Waals surface area contributed by atoms with E-state index in [0.717, 1.165) is 0 Å². The lowest BCUT2D eigenvalue weighted by atomic mass is 9.94. The number of aliphatic carboxylic acids is 1. The van der Waals surface area contributed by atoms with Gasteiger partial charge < -0.3 is 14.7 Å². The van der Waals surface area contributed by atoms with E-state index in [0.29, 0.717) is 31.4 Å². The maximum Gasteiger partial charge on any atom is 0.334 e. The molecule has 23 heavy (non-hydrogen) atoms. The first-order valence-corrected chi connectivity index (χ1v) is 7.82. The zero-order valence-electron chi connectivity index (χ0n) is 13.0. The van der Waals surface area contributed by atoms with Gasteiger partial charge in [-0.1, -0.05) is 18.2 Å². The van der Waals surface area contributed by atoms with Gasteiger partial charge in [0.25, 0.3) is 0 Å². The molecule has 0 bridgehead atoms. The largest absolute Gasteiger partial charge is 0.479 e. The van der Waals surface area contributed by atoms with Crippen molar-refractivity contribution in [3.05, 3.63) is 35.6 Å². The van der Waals surface area contributed by atoms with Crippen molar-refractivity contribution in [2.24, 2.45) is 5.41 Å². The topological polar surface area (TPSA) is 66.8 Å². The van der Waals surface area contributed by atoms with Gasteiger partial charge in [0.15, 0.2) is 6.10 Å². The van der Waals surface area contributed by atoms with Crippen LogP contribution in [0.25, 0.3) is 0 Å². The molecule has 1 N–H and O–H groups in total. The fourth-order valence-electron chi connectivity index (χ4n) is 3.21. The van der Waals surface area contributed by atoms with Crippen molar-refractivity contribution in [3.8, 4) is 0 Å². The Morgan fingerprint density at radius 3 is 2.65 bits per heavy atom. The molecule has 2 aliphatic rings. The summed E-state index contributed by atoms with van der Waals surface area (Å²) in [6.45, 7) is 2.19. The summed E-state index contributed by atoms with van der Waals surface area (Å²) < 4.78 is 19.2. The third kappa shape index (κ3) is 3.22. The normalized spacial score (nSPS) is 25.9. The number of benzene rings is 1. The van der Waals surface area contributed by atoms with Crippen LogP contribution in [0.5, 0.6) is 0 Å². The van der Waals surface area contributed by atoms with Crippen LogP contribution in [-0.4, -0.2) is 47.2 Å². The molecule has 1 aromatic carbocycles. The van der Waals surface area contributed by atoms with E-state index in [1.807, 2.05) is 0 Å². The number of halogens is 1. The molecule has 0 aromatic heterocycles. The summed E-state index contributed by atoms with van der Waals surface area (Å²) in [7, 11) is 0. The second kappa shape index (κ2) is 5.92. The van der Waals surface area contributed by atoms with Gasteiger partial charge in [-0.3, -0.25) is 4.79 Å². The predicted octanol–water partition coefficient (Wildman–Crippen LogP) is 1.85. The van der Waals surface area contributed by atoms with E-state index >= 15 is 0 Å². The first kappa shape index (κ1) is 15.9. The highest BCUT2D eigenvalue weighted by molar-refractivity contribution is 5.86. The predicted molar refractivity (Wildman–Crippen MR) is 80.3 cm³/mol. The third-order valence-corrected chi connectivity index (χ3v) is 4.62. The molecule has 2 fully saturated rings. The van der Waals surface area contributed by atoms with Crippen LogP contribution in [0.1, 0.15) is 25.3 Å². The number of carbonyl (C=O) groups excluding carboxylic acids is 1. The molecule has 1 heterocycles. The minimum atomic E-state index is -1.06. The van der Waals surface area contributed by atoms with Crippen LogP contribution >= 0.6 is 0 Å². The number of morpholine rings is 1. The van der Waals surface area contributed by atoms with E-state index in [4.69, 9.17) is 9.84 Å².